The molecule has 12 heavy (non-hydrogen) atoms. The van der Waals surface area contributed by atoms with Gasteiger partial charge < -0.3 is 5.73 Å². The highest BCUT2D eigenvalue weighted by atomic mass is 35.5. The summed E-state index contributed by atoms with van der Waals surface area (Å²) in [5.74, 6) is 0.649. The number of benzene rings is 1. The second-order valence-electron chi connectivity index (χ2n) is 3.42. The van der Waals surface area contributed by atoms with Crippen LogP contribution in [0.3, 0.4) is 0 Å². The molecule has 1 nitrogen and oxygen atoms in total. The van der Waals surface area contributed by atoms with Gasteiger partial charge in [0.05, 0.1) is 0 Å². The van der Waals surface area contributed by atoms with Gasteiger partial charge in [-0.1, -0.05) is 29.8 Å². The zero-order valence-corrected chi connectivity index (χ0v) is 7.97. The quantitative estimate of drug-likeness (QED) is 0.710. The molecule has 0 saturated heterocycles. The summed E-state index contributed by atoms with van der Waals surface area (Å²) in [5.41, 5.74) is 8.46. The molecule has 1 aliphatic carbocycles. The third kappa shape index (κ3) is 1.79. The fourth-order valence-electron chi connectivity index (χ4n) is 1.41. The zero-order valence-electron chi connectivity index (χ0n) is 7.16. The molecule has 0 aromatic heterocycles. The largest absolute Gasteiger partial charge is 0.327 e. The molecule has 1 aromatic rings. The zero-order chi connectivity index (χ0) is 7.84. The molecule has 2 N–H and O–H groups in total. The predicted octanol–water partition coefficient (Wildman–Crippen LogP) is 2.23. The lowest BCUT2D eigenvalue weighted by atomic mass is 10.1. The lowest BCUT2D eigenvalue weighted by molar-refractivity contribution is 0.989. The van der Waals surface area contributed by atoms with E-state index in [1.54, 1.807) is 0 Å². The summed E-state index contributed by atoms with van der Waals surface area (Å²) >= 11 is 0. The van der Waals surface area contributed by atoms with E-state index in [4.69, 9.17) is 5.73 Å². The smallest absolute Gasteiger partial charge is 0.0115 e. The fraction of sp³-hybridized carbons (Fsp3) is 0.400. The predicted molar refractivity (Wildman–Crippen MR) is 53.8 cm³/mol. The second kappa shape index (κ2) is 3.46. The molecule has 0 spiro atoms. The summed E-state index contributed by atoms with van der Waals surface area (Å²) in [4.78, 5) is 0. The number of aryl methyl sites for hydroxylation is 1. The van der Waals surface area contributed by atoms with Crippen molar-refractivity contribution in [2.24, 2.45) is 5.73 Å². The number of hydrogen-bond donors (Lipinski definition) is 1. The van der Waals surface area contributed by atoms with Gasteiger partial charge in [0.15, 0.2) is 0 Å². The summed E-state index contributed by atoms with van der Waals surface area (Å²) in [6.07, 6.45) is 1.17. The molecular formula is C10H14ClN. The van der Waals surface area contributed by atoms with Gasteiger partial charge >= 0.3 is 0 Å². The summed E-state index contributed by atoms with van der Waals surface area (Å²) in [6, 6.07) is 9.11. The Bertz CT molecular complexity index is 255. The first-order valence-electron chi connectivity index (χ1n) is 4.09. The van der Waals surface area contributed by atoms with Crippen LogP contribution in [0.5, 0.6) is 0 Å². The van der Waals surface area contributed by atoms with Crippen LogP contribution < -0.4 is 5.73 Å². The minimum absolute atomic E-state index is 0. The van der Waals surface area contributed by atoms with Gasteiger partial charge in [0.2, 0.25) is 0 Å². The highest BCUT2D eigenvalue weighted by Gasteiger charge is 2.34. The van der Waals surface area contributed by atoms with E-state index in [1.807, 2.05) is 0 Å². The topological polar surface area (TPSA) is 26.0 Å². The van der Waals surface area contributed by atoms with Crippen molar-refractivity contribution >= 4 is 12.4 Å². The van der Waals surface area contributed by atoms with Gasteiger partial charge in [-0.05, 0) is 18.9 Å². The first kappa shape index (κ1) is 9.56. The van der Waals surface area contributed by atoms with Crippen molar-refractivity contribution in [1.82, 2.24) is 0 Å². The molecule has 1 saturated carbocycles. The highest BCUT2D eigenvalue weighted by Crippen LogP contribution is 2.38. The Balaban J connectivity index is 0.000000720. The summed E-state index contributed by atoms with van der Waals surface area (Å²) < 4.78 is 0. The average molecular weight is 184 g/mol. The van der Waals surface area contributed by atoms with E-state index in [2.05, 4.69) is 31.2 Å². The van der Waals surface area contributed by atoms with Crippen molar-refractivity contribution in [3.8, 4) is 0 Å². The molecule has 2 heteroatoms. The normalized spacial score (nSPS) is 26.2. The lowest BCUT2D eigenvalue weighted by Crippen LogP contribution is -2.00. The number of halogens is 1. The molecule has 0 bridgehead atoms. The van der Waals surface area contributed by atoms with Crippen molar-refractivity contribution in [2.45, 2.75) is 25.3 Å². The molecule has 0 amide bonds. The molecule has 1 aromatic carbocycles. The van der Waals surface area contributed by atoms with Gasteiger partial charge in [-0.25, -0.2) is 0 Å². The van der Waals surface area contributed by atoms with E-state index in [1.165, 1.54) is 17.5 Å². The van der Waals surface area contributed by atoms with E-state index in [0.29, 0.717) is 12.0 Å². The number of nitrogens with two attached hydrogens (primary N) is 1. The maximum absolute atomic E-state index is 5.74. The molecule has 0 unspecified atom stereocenters. The van der Waals surface area contributed by atoms with Gasteiger partial charge in [-0.15, -0.1) is 12.4 Å². The molecule has 1 aliphatic rings. The van der Waals surface area contributed by atoms with Gasteiger partial charge in [0.25, 0.3) is 0 Å². The van der Waals surface area contributed by atoms with Crippen LogP contribution in [0.2, 0.25) is 0 Å². The van der Waals surface area contributed by atoms with Gasteiger partial charge in [0.1, 0.15) is 0 Å². The minimum Gasteiger partial charge on any atom is -0.327 e. The fourth-order valence-corrected chi connectivity index (χ4v) is 1.41. The minimum atomic E-state index is 0. The second-order valence-corrected chi connectivity index (χ2v) is 3.42. The third-order valence-electron chi connectivity index (χ3n) is 2.35. The monoisotopic (exact) mass is 183 g/mol. The van der Waals surface area contributed by atoms with Crippen LogP contribution in [-0.4, -0.2) is 6.04 Å². The summed E-state index contributed by atoms with van der Waals surface area (Å²) in [7, 11) is 0. The molecule has 0 radical (unpaired) electrons. The molecule has 2 rings (SSSR count). The molecule has 66 valence electrons. The Hall–Kier alpha value is -0.530. The number of hydrogen-bond acceptors (Lipinski definition) is 1. The van der Waals surface area contributed by atoms with E-state index in [9.17, 15) is 0 Å². The Morgan fingerprint density at radius 2 is 1.75 bits per heavy atom. The Kier molecular flexibility index (Phi) is 2.76. The molecule has 0 heterocycles. The van der Waals surface area contributed by atoms with Crippen molar-refractivity contribution in [3.05, 3.63) is 35.4 Å². The molecule has 1 fully saturated rings. The van der Waals surface area contributed by atoms with E-state index in [-0.39, 0.29) is 12.4 Å². The highest BCUT2D eigenvalue weighted by molar-refractivity contribution is 5.85. The standard InChI is InChI=1S/C10H13N.ClH/c1-7-2-4-8(5-3-7)9-6-10(9)11;/h2-5,9-10H,6,11H2,1H3;1H/t9-,10+;/m0./s1. The van der Waals surface area contributed by atoms with Crippen molar-refractivity contribution < 1.29 is 0 Å². The van der Waals surface area contributed by atoms with Gasteiger partial charge in [0, 0.05) is 12.0 Å². The average Bonchev–Trinajstić information content (AvgIpc) is 2.69. The van der Waals surface area contributed by atoms with Crippen LogP contribution in [-0.2, 0) is 0 Å². The van der Waals surface area contributed by atoms with Gasteiger partial charge in [-0.3, -0.25) is 0 Å². The van der Waals surface area contributed by atoms with Crippen LogP contribution in [0.25, 0.3) is 0 Å². The lowest BCUT2D eigenvalue weighted by Gasteiger charge is -1.97. The maximum Gasteiger partial charge on any atom is 0.0115 e. The Morgan fingerprint density at radius 1 is 1.25 bits per heavy atom. The van der Waals surface area contributed by atoms with Crippen LogP contribution in [0.15, 0.2) is 24.3 Å². The van der Waals surface area contributed by atoms with Crippen LogP contribution in [0.4, 0.5) is 0 Å². The first-order chi connectivity index (χ1) is 5.27. The molecule has 0 aliphatic heterocycles. The van der Waals surface area contributed by atoms with Crippen molar-refractivity contribution in [2.75, 3.05) is 0 Å². The summed E-state index contributed by atoms with van der Waals surface area (Å²) in [5, 5.41) is 0. The van der Waals surface area contributed by atoms with Gasteiger partial charge in [-0.2, -0.15) is 0 Å². The van der Waals surface area contributed by atoms with Crippen molar-refractivity contribution in [1.29, 1.82) is 0 Å². The molecular weight excluding hydrogens is 170 g/mol. The van der Waals surface area contributed by atoms with E-state index in [0.717, 1.165) is 0 Å². The Labute approximate surface area is 79.4 Å². The van der Waals surface area contributed by atoms with Crippen LogP contribution in [0.1, 0.15) is 23.5 Å². The SMILES string of the molecule is Cc1ccc([C@@H]2C[C@H]2N)cc1.Cl. The van der Waals surface area contributed by atoms with Crippen LogP contribution in [0, 0.1) is 6.92 Å². The number of rotatable bonds is 1. The van der Waals surface area contributed by atoms with E-state index < -0.39 is 0 Å². The third-order valence-corrected chi connectivity index (χ3v) is 2.35. The Morgan fingerprint density at radius 3 is 2.17 bits per heavy atom. The van der Waals surface area contributed by atoms with Crippen LogP contribution >= 0.6 is 12.4 Å². The van der Waals surface area contributed by atoms with E-state index >= 15 is 0 Å². The first-order valence-corrected chi connectivity index (χ1v) is 4.09. The molecule has 2 atom stereocenters. The van der Waals surface area contributed by atoms with Crippen molar-refractivity contribution in [3.63, 3.8) is 0 Å². The maximum atomic E-state index is 5.74. The summed E-state index contributed by atoms with van der Waals surface area (Å²) in [6.45, 7) is 2.11.